The van der Waals surface area contributed by atoms with Gasteiger partial charge in [-0.25, -0.2) is 4.39 Å². The molecule has 2 aliphatic carbocycles. The van der Waals surface area contributed by atoms with E-state index in [1.54, 1.807) is 12.3 Å². The molecule has 0 aliphatic heterocycles. The van der Waals surface area contributed by atoms with E-state index in [9.17, 15) is 9.18 Å². The van der Waals surface area contributed by atoms with E-state index < -0.39 is 0 Å². The summed E-state index contributed by atoms with van der Waals surface area (Å²) in [6.07, 6.45) is 4.93. The lowest BCUT2D eigenvalue weighted by molar-refractivity contribution is -0.123. The Morgan fingerprint density at radius 3 is 2.85 bits per heavy atom. The molecule has 2 saturated carbocycles. The molecule has 0 saturated heterocycles. The van der Waals surface area contributed by atoms with E-state index in [2.05, 4.69) is 10.3 Å². The molecule has 0 radical (unpaired) electrons. The number of ether oxygens (including phenoxy) is 1. The van der Waals surface area contributed by atoms with Crippen molar-refractivity contribution in [1.82, 2.24) is 10.3 Å². The molecule has 142 valence electrons. The van der Waals surface area contributed by atoms with Gasteiger partial charge in [0.1, 0.15) is 11.6 Å². The van der Waals surface area contributed by atoms with E-state index in [-0.39, 0.29) is 29.6 Å². The van der Waals surface area contributed by atoms with Gasteiger partial charge in [0.15, 0.2) is 0 Å². The maximum Gasteiger partial charge on any atom is 0.224 e. The molecule has 0 bridgehead atoms. The van der Waals surface area contributed by atoms with Crippen LogP contribution < -0.4 is 10.1 Å². The highest BCUT2D eigenvalue weighted by Gasteiger charge is 2.45. The van der Waals surface area contributed by atoms with Crippen molar-refractivity contribution in [2.75, 3.05) is 6.61 Å². The van der Waals surface area contributed by atoms with Crippen LogP contribution in [-0.2, 0) is 4.79 Å². The Balaban J connectivity index is 1.31. The zero-order chi connectivity index (χ0) is 19.0. The summed E-state index contributed by atoms with van der Waals surface area (Å²) in [6.45, 7) is 2.66. The molecule has 1 N–H and O–H groups in total. The van der Waals surface area contributed by atoms with Crippen molar-refractivity contribution >= 4 is 17.5 Å². The fourth-order valence-electron chi connectivity index (χ4n) is 3.26. The predicted octanol–water partition coefficient (Wildman–Crippen LogP) is 4.64. The average Bonchev–Trinajstić information content (AvgIpc) is 3.54. The molecule has 2 aliphatic rings. The predicted molar refractivity (Wildman–Crippen MR) is 101 cm³/mol. The van der Waals surface area contributed by atoms with Crippen LogP contribution in [0.5, 0.6) is 5.75 Å². The number of hydrogen-bond acceptors (Lipinski definition) is 3. The summed E-state index contributed by atoms with van der Waals surface area (Å²) in [6, 6.07) is 7.93. The summed E-state index contributed by atoms with van der Waals surface area (Å²) in [5.41, 5.74) is 1.63. The number of carbonyl (C=O) groups is 1. The van der Waals surface area contributed by atoms with Gasteiger partial charge in [-0.3, -0.25) is 9.78 Å². The maximum atomic E-state index is 13.2. The molecular weight excluding hydrogens is 367 g/mol. The van der Waals surface area contributed by atoms with E-state index in [4.69, 9.17) is 16.3 Å². The minimum Gasteiger partial charge on any atom is -0.492 e. The normalized spacial score (nSPS) is 22.2. The molecule has 1 amide bonds. The van der Waals surface area contributed by atoms with Crippen molar-refractivity contribution < 1.29 is 13.9 Å². The number of amides is 1. The number of carbonyl (C=O) groups excluding carboxylic acids is 1. The highest BCUT2D eigenvalue weighted by molar-refractivity contribution is 6.31. The van der Waals surface area contributed by atoms with Gasteiger partial charge in [0.25, 0.3) is 0 Å². The second kappa shape index (κ2) is 7.47. The molecule has 6 heteroatoms. The quantitative estimate of drug-likeness (QED) is 0.751. The van der Waals surface area contributed by atoms with E-state index in [0.717, 1.165) is 30.0 Å². The molecular formula is C21H22ClFN2O2. The van der Waals surface area contributed by atoms with Crippen molar-refractivity contribution in [3.05, 3.63) is 58.6 Å². The summed E-state index contributed by atoms with van der Waals surface area (Å²) in [5, 5.41) is 3.39. The number of hydrogen-bond donors (Lipinski definition) is 1. The minimum absolute atomic E-state index is 0.0243. The summed E-state index contributed by atoms with van der Waals surface area (Å²) in [5.74, 6) is 0.993. The second-order valence-corrected chi connectivity index (χ2v) is 7.93. The van der Waals surface area contributed by atoms with E-state index >= 15 is 0 Å². The molecule has 0 spiro atoms. The molecule has 4 nitrogen and oxygen atoms in total. The van der Waals surface area contributed by atoms with Crippen molar-refractivity contribution in [3.63, 3.8) is 0 Å². The Bertz CT molecular complexity index is 839. The topological polar surface area (TPSA) is 51.2 Å². The van der Waals surface area contributed by atoms with E-state index in [0.29, 0.717) is 10.9 Å². The summed E-state index contributed by atoms with van der Waals surface area (Å²) < 4.78 is 18.9. The van der Waals surface area contributed by atoms with E-state index in [1.807, 2.05) is 19.1 Å². The molecule has 1 aromatic heterocycles. The smallest absolute Gasteiger partial charge is 0.224 e. The van der Waals surface area contributed by atoms with Crippen LogP contribution in [0.15, 0.2) is 36.5 Å². The maximum absolute atomic E-state index is 13.2. The van der Waals surface area contributed by atoms with E-state index in [1.165, 1.54) is 25.0 Å². The van der Waals surface area contributed by atoms with Gasteiger partial charge in [0.05, 0.1) is 24.5 Å². The van der Waals surface area contributed by atoms with Crippen LogP contribution in [0.3, 0.4) is 0 Å². The number of nitrogens with zero attached hydrogens (tertiary/aromatic N) is 1. The number of aromatic nitrogens is 1. The van der Waals surface area contributed by atoms with Crippen LogP contribution in [0.2, 0.25) is 5.02 Å². The monoisotopic (exact) mass is 388 g/mol. The van der Waals surface area contributed by atoms with Crippen LogP contribution in [0.4, 0.5) is 4.39 Å². The van der Waals surface area contributed by atoms with Crippen LogP contribution in [0, 0.1) is 17.7 Å². The molecule has 1 aromatic carbocycles. The standard InChI is InChI=1S/C21H22ClFN2O2/c1-12(20-7-5-15(10-24-20)27-11-13-2-3-13)25-21(26)18-9-17(18)16-6-4-14(23)8-19(16)22/h4-8,10,12-13,17-18H,2-3,9,11H2,1H3,(H,25,26)/t12-,17?,18?/m1/s1. The zero-order valence-corrected chi connectivity index (χ0v) is 15.9. The fraction of sp³-hybridized carbons (Fsp3) is 0.429. The average molecular weight is 389 g/mol. The van der Waals surface area contributed by atoms with Crippen LogP contribution in [-0.4, -0.2) is 17.5 Å². The number of nitrogens with one attached hydrogen (secondary N) is 1. The zero-order valence-electron chi connectivity index (χ0n) is 15.1. The highest BCUT2D eigenvalue weighted by atomic mass is 35.5. The first-order valence-electron chi connectivity index (χ1n) is 9.35. The van der Waals surface area contributed by atoms with Crippen molar-refractivity contribution in [2.24, 2.45) is 11.8 Å². The molecule has 4 rings (SSSR count). The van der Waals surface area contributed by atoms with Gasteiger partial charge in [-0.15, -0.1) is 0 Å². The molecule has 3 atom stereocenters. The number of benzene rings is 1. The van der Waals surface area contributed by atoms with Crippen molar-refractivity contribution in [1.29, 1.82) is 0 Å². The van der Waals surface area contributed by atoms with Crippen molar-refractivity contribution in [3.8, 4) is 5.75 Å². The highest BCUT2D eigenvalue weighted by Crippen LogP contribution is 2.50. The van der Waals surface area contributed by atoms with Gasteiger partial charge in [0.2, 0.25) is 5.91 Å². The number of rotatable bonds is 7. The molecule has 2 unspecified atom stereocenters. The van der Waals surface area contributed by atoms with Gasteiger partial charge in [0, 0.05) is 10.9 Å². The Hall–Kier alpha value is -2.14. The molecule has 2 aromatic rings. The fourth-order valence-corrected chi connectivity index (χ4v) is 3.56. The Labute approximate surface area is 163 Å². The van der Waals surface area contributed by atoms with Gasteiger partial charge in [-0.1, -0.05) is 17.7 Å². The summed E-state index contributed by atoms with van der Waals surface area (Å²) >= 11 is 6.11. The molecule has 27 heavy (non-hydrogen) atoms. The van der Waals surface area contributed by atoms with Crippen LogP contribution >= 0.6 is 11.6 Å². The second-order valence-electron chi connectivity index (χ2n) is 7.52. The number of halogens is 2. The molecule has 2 fully saturated rings. The summed E-state index contributed by atoms with van der Waals surface area (Å²) in [7, 11) is 0. The van der Waals surface area contributed by atoms with Gasteiger partial charge in [-0.2, -0.15) is 0 Å². The third-order valence-electron chi connectivity index (χ3n) is 5.23. The SMILES string of the molecule is C[C@@H](NC(=O)C1CC1c1ccc(F)cc1Cl)c1ccc(OCC2CC2)cn1. The van der Waals surface area contributed by atoms with Gasteiger partial charge >= 0.3 is 0 Å². The third kappa shape index (κ3) is 4.41. The first-order chi connectivity index (χ1) is 13.0. The number of pyridine rings is 1. The lowest BCUT2D eigenvalue weighted by atomic mass is 10.1. The summed E-state index contributed by atoms with van der Waals surface area (Å²) in [4.78, 5) is 16.9. The Morgan fingerprint density at radius 1 is 1.37 bits per heavy atom. The van der Waals surface area contributed by atoms with Crippen LogP contribution in [0.25, 0.3) is 0 Å². The van der Waals surface area contributed by atoms with Gasteiger partial charge in [-0.05, 0) is 67.9 Å². The third-order valence-corrected chi connectivity index (χ3v) is 5.56. The minimum atomic E-state index is -0.366. The first-order valence-corrected chi connectivity index (χ1v) is 9.73. The lowest BCUT2D eigenvalue weighted by Crippen LogP contribution is -2.29. The largest absolute Gasteiger partial charge is 0.492 e. The van der Waals surface area contributed by atoms with Crippen LogP contribution in [0.1, 0.15) is 49.4 Å². The first kappa shape index (κ1) is 18.2. The Morgan fingerprint density at radius 2 is 2.19 bits per heavy atom. The Kier molecular flexibility index (Phi) is 5.04. The van der Waals surface area contributed by atoms with Crippen molar-refractivity contribution in [2.45, 2.75) is 38.1 Å². The lowest BCUT2D eigenvalue weighted by Gasteiger charge is -2.14. The molecule has 1 heterocycles. The van der Waals surface area contributed by atoms with Gasteiger partial charge < -0.3 is 10.1 Å².